The van der Waals surface area contributed by atoms with Crippen molar-refractivity contribution in [2.24, 2.45) is 5.10 Å². The molecule has 10 heteroatoms. The van der Waals surface area contributed by atoms with Crippen molar-refractivity contribution >= 4 is 17.6 Å². The van der Waals surface area contributed by atoms with Crippen molar-refractivity contribution < 1.29 is 27.6 Å². The molecule has 26 heavy (non-hydrogen) atoms. The molecular weight excluding hydrogens is 355 g/mol. The summed E-state index contributed by atoms with van der Waals surface area (Å²) in [5.41, 5.74) is 0.911. The van der Waals surface area contributed by atoms with Crippen molar-refractivity contribution in [1.82, 2.24) is 0 Å². The predicted molar refractivity (Wildman–Crippen MR) is 88.9 cm³/mol. The number of nitrogens with zero attached hydrogens (tertiary/aromatic N) is 2. The first-order valence-corrected chi connectivity index (χ1v) is 7.12. The van der Waals surface area contributed by atoms with Crippen molar-refractivity contribution in [1.29, 1.82) is 0 Å². The Kier molecular flexibility index (Phi) is 5.65. The zero-order valence-electron chi connectivity index (χ0n) is 13.7. The van der Waals surface area contributed by atoms with Gasteiger partial charge in [0.05, 0.1) is 30.9 Å². The Morgan fingerprint density at radius 3 is 2.23 bits per heavy atom. The largest absolute Gasteiger partial charge is 0.497 e. The van der Waals surface area contributed by atoms with Gasteiger partial charge in [-0.05, 0) is 24.3 Å². The molecule has 0 amide bonds. The molecule has 0 unspecified atom stereocenters. The van der Waals surface area contributed by atoms with Crippen molar-refractivity contribution in [2.45, 2.75) is 6.18 Å². The fraction of sp³-hybridized carbons (Fsp3) is 0.188. The van der Waals surface area contributed by atoms with E-state index in [1.165, 1.54) is 20.4 Å². The minimum absolute atomic E-state index is 0.172. The minimum atomic E-state index is -4.68. The average molecular weight is 369 g/mol. The number of nitrogens with one attached hydrogen (secondary N) is 1. The van der Waals surface area contributed by atoms with Crippen LogP contribution in [-0.2, 0) is 6.18 Å². The third kappa shape index (κ3) is 4.62. The zero-order valence-corrected chi connectivity index (χ0v) is 13.7. The highest BCUT2D eigenvalue weighted by molar-refractivity contribution is 5.82. The number of hydrazone groups is 1. The minimum Gasteiger partial charge on any atom is -0.497 e. The molecule has 0 saturated heterocycles. The van der Waals surface area contributed by atoms with Crippen molar-refractivity contribution in [3.63, 3.8) is 0 Å². The number of hydrogen-bond acceptors (Lipinski definition) is 6. The summed E-state index contributed by atoms with van der Waals surface area (Å²) < 4.78 is 48.2. The van der Waals surface area contributed by atoms with E-state index in [-0.39, 0.29) is 5.69 Å². The van der Waals surface area contributed by atoms with E-state index >= 15 is 0 Å². The number of nitro groups is 1. The van der Waals surface area contributed by atoms with Gasteiger partial charge in [-0.1, -0.05) is 0 Å². The number of hydrogen-bond donors (Lipinski definition) is 1. The van der Waals surface area contributed by atoms with Crippen LogP contribution in [0.5, 0.6) is 11.5 Å². The lowest BCUT2D eigenvalue weighted by molar-refractivity contribution is -0.384. The second-order valence-corrected chi connectivity index (χ2v) is 5.00. The van der Waals surface area contributed by atoms with Crippen LogP contribution in [0.2, 0.25) is 0 Å². The first kappa shape index (κ1) is 19.0. The lowest BCUT2D eigenvalue weighted by Crippen LogP contribution is -2.06. The van der Waals surface area contributed by atoms with Gasteiger partial charge in [0, 0.05) is 17.7 Å². The van der Waals surface area contributed by atoms with E-state index in [0.29, 0.717) is 23.1 Å². The molecule has 2 aromatic carbocycles. The third-order valence-electron chi connectivity index (χ3n) is 3.29. The standard InChI is InChI=1S/C16H14F3N3O4/c1-25-12-5-10(6-13(8-12)26-2)9-20-21-14-4-3-11(16(17,18)19)7-15(14)22(23)24/h3-9,21H,1-2H3. The van der Waals surface area contributed by atoms with Gasteiger partial charge in [-0.3, -0.25) is 15.5 Å². The van der Waals surface area contributed by atoms with Crippen LogP contribution in [0.4, 0.5) is 24.5 Å². The highest BCUT2D eigenvalue weighted by atomic mass is 19.4. The predicted octanol–water partition coefficient (Wildman–Crippen LogP) is 4.08. The van der Waals surface area contributed by atoms with E-state index < -0.39 is 22.4 Å². The van der Waals surface area contributed by atoms with Gasteiger partial charge < -0.3 is 9.47 Å². The van der Waals surface area contributed by atoms with E-state index in [1.54, 1.807) is 18.2 Å². The average Bonchev–Trinajstić information content (AvgIpc) is 2.60. The molecule has 2 rings (SSSR count). The van der Waals surface area contributed by atoms with Crippen LogP contribution < -0.4 is 14.9 Å². The molecule has 0 atom stereocenters. The number of benzene rings is 2. The maximum Gasteiger partial charge on any atom is 0.416 e. The molecule has 7 nitrogen and oxygen atoms in total. The molecule has 0 radical (unpaired) electrons. The van der Waals surface area contributed by atoms with Gasteiger partial charge in [-0.15, -0.1) is 0 Å². The number of ether oxygens (including phenoxy) is 2. The fourth-order valence-electron chi connectivity index (χ4n) is 2.03. The molecule has 0 aliphatic heterocycles. The summed E-state index contributed by atoms with van der Waals surface area (Å²) in [4.78, 5) is 10.1. The maximum absolute atomic E-state index is 12.7. The smallest absolute Gasteiger partial charge is 0.416 e. The Labute approximate surface area is 146 Å². The first-order valence-electron chi connectivity index (χ1n) is 7.12. The second-order valence-electron chi connectivity index (χ2n) is 5.00. The summed E-state index contributed by atoms with van der Waals surface area (Å²) in [6, 6.07) is 7.05. The number of anilines is 1. The maximum atomic E-state index is 12.7. The Morgan fingerprint density at radius 2 is 1.73 bits per heavy atom. The van der Waals surface area contributed by atoms with Crippen molar-refractivity contribution in [3.8, 4) is 11.5 Å². The molecule has 0 fully saturated rings. The Morgan fingerprint density at radius 1 is 1.12 bits per heavy atom. The van der Waals surface area contributed by atoms with Gasteiger partial charge in [-0.2, -0.15) is 18.3 Å². The SMILES string of the molecule is COc1cc(C=NNc2ccc(C(F)(F)F)cc2[N+](=O)[O-])cc(OC)c1. The van der Waals surface area contributed by atoms with E-state index in [0.717, 1.165) is 12.1 Å². The van der Waals surface area contributed by atoms with Crippen LogP contribution in [0, 0.1) is 10.1 Å². The molecule has 1 N–H and O–H groups in total. The molecule has 0 bridgehead atoms. The van der Waals surface area contributed by atoms with Crippen LogP contribution in [0.3, 0.4) is 0 Å². The van der Waals surface area contributed by atoms with Crippen molar-refractivity contribution in [3.05, 3.63) is 57.6 Å². The molecule has 0 spiro atoms. The summed E-state index contributed by atoms with van der Waals surface area (Å²) in [5, 5.41) is 14.8. The lowest BCUT2D eigenvalue weighted by atomic mass is 10.1. The van der Waals surface area contributed by atoms with E-state index in [4.69, 9.17) is 9.47 Å². The normalized spacial score (nSPS) is 11.4. The van der Waals surface area contributed by atoms with E-state index in [2.05, 4.69) is 10.5 Å². The lowest BCUT2D eigenvalue weighted by Gasteiger charge is -2.08. The van der Waals surface area contributed by atoms with Gasteiger partial charge in [0.1, 0.15) is 17.2 Å². The summed E-state index contributed by atoms with van der Waals surface area (Å²) in [6.07, 6.45) is -3.35. The number of rotatable bonds is 6. The van der Waals surface area contributed by atoms with Crippen LogP contribution in [0.25, 0.3) is 0 Å². The van der Waals surface area contributed by atoms with Gasteiger partial charge in [0.15, 0.2) is 0 Å². The molecule has 0 heterocycles. The van der Waals surface area contributed by atoms with E-state index in [1.807, 2.05) is 0 Å². The third-order valence-corrected chi connectivity index (χ3v) is 3.29. The highest BCUT2D eigenvalue weighted by Crippen LogP contribution is 2.35. The van der Waals surface area contributed by atoms with E-state index in [9.17, 15) is 23.3 Å². The van der Waals surface area contributed by atoms with Crippen LogP contribution in [0.15, 0.2) is 41.5 Å². The summed E-state index contributed by atoms with van der Waals surface area (Å²) >= 11 is 0. The van der Waals surface area contributed by atoms with Crippen LogP contribution in [-0.4, -0.2) is 25.4 Å². The second kappa shape index (κ2) is 7.72. The Hall–Kier alpha value is -3.30. The fourth-order valence-corrected chi connectivity index (χ4v) is 2.03. The van der Waals surface area contributed by atoms with Gasteiger partial charge in [0.2, 0.25) is 0 Å². The Balaban J connectivity index is 2.26. The van der Waals surface area contributed by atoms with Gasteiger partial charge in [0.25, 0.3) is 5.69 Å². The van der Waals surface area contributed by atoms with Crippen LogP contribution in [0.1, 0.15) is 11.1 Å². The topological polar surface area (TPSA) is 86.0 Å². The highest BCUT2D eigenvalue weighted by Gasteiger charge is 2.33. The number of methoxy groups -OCH3 is 2. The van der Waals surface area contributed by atoms with Crippen LogP contribution >= 0.6 is 0 Å². The van der Waals surface area contributed by atoms with Crippen molar-refractivity contribution in [2.75, 3.05) is 19.6 Å². The summed E-state index contributed by atoms with van der Waals surface area (Å²) in [6.45, 7) is 0. The molecule has 0 aliphatic carbocycles. The quantitative estimate of drug-likeness (QED) is 0.471. The number of alkyl halides is 3. The number of halogens is 3. The zero-order chi connectivity index (χ0) is 19.3. The molecule has 0 aromatic heterocycles. The molecule has 138 valence electrons. The first-order chi connectivity index (χ1) is 12.2. The van der Waals surface area contributed by atoms with Gasteiger partial charge >= 0.3 is 6.18 Å². The monoisotopic (exact) mass is 369 g/mol. The summed E-state index contributed by atoms with van der Waals surface area (Å²) in [5.74, 6) is 1.01. The summed E-state index contributed by atoms with van der Waals surface area (Å²) in [7, 11) is 2.94. The molecule has 0 aliphatic rings. The number of nitro benzene ring substituents is 1. The Bertz CT molecular complexity index is 816. The van der Waals surface area contributed by atoms with Gasteiger partial charge in [-0.25, -0.2) is 0 Å². The molecule has 2 aromatic rings. The molecular formula is C16H14F3N3O4. The molecule has 0 saturated carbocycles.